The van der Waals surface area contributed by atoms with Gasteiger partial charge in [0.05, 0.1) is 46.8 Å². The molecule has 0 saturated carbocycles. The third kappa shape index (κ3) is 5.84. The highest BCUT2D eigenvalue weighted by Crippen LogP contribution is 2.37. The Bertz CT molecular complexity index is 1480. The normalized spacial score (nSPS) is 11.2. The number of aryl methyl sites for hydroxylation is 1. The van der Waals surface area contributed by atoms with Crippen molar-refractivity contribution in [1.29, 1.82) is 5.26 Å². The van der Waals surface area contributed by atoms with Crippen LogP contribution in [0.2, 0.25) is 5.02 Å². The molecule has 0 unspecified atom stereocenters. The van der Waals surface area contributed by atoms with Crippen LogP contribution in [0, 0.1) is 29.9 Å². The van der Waals surface area contributed by atoms with Crippen molar-refractivity contribution in [2.24, 2.45) is 0 Å². The first-order valence-corrected chi connectivity index (χ1v) is 13.0. The van der Waals surface area contributed by atoms with E-state index in [1.807, 2.05) is 19.9 Å². The number of nitrogens with zero attached hydrogens (tertiary/aromatic N) is 4. The highest BCUT2D eigenvalue weighted by Gasteiger charge is 2.19. The van der Waals surface area contributed by atoms with Crippen molar-refractivity contribution in [3.05, 3.63) is 76.1 Å². The number of nitriles is 1. The molecule has 1 aromatic carbocycles. The molecular formula is C26H23ClF2N5O2P. The van der Waals surface area contributed by atoms with Crippen molar-refractivity contribution < 1.29 is 17.8 Å². The van der Waals surface area contributed by atoms with Crippen molar-refractivity contribution >= 4 is 42.1 Å². The number of hydrogen-bond acceptors (Lipinski definition) is 7. The lowest BCUT2D eigenvalue weighted by atomic mass is 10.1. The molecule has 4 rings (SSSR count). The second-order valence-corrected chi connectivity index (χ2v) is 9.71. The summed E-state index contributed by atoms with van der Waals surface area (Å²) < 4.78 is 40.8. The minimum absolute atomic E-state index is 0.0304. The number of anilines is 1. The van der Waals surface area contributed by atoms with Crippen LogP contribution in [0.1, 0.15) is 30.7 Å². The van der Waals surface area contributed by atoms with Crippen molar-refractivity contribution in [3.8, 4) is 17.3 Å². The van der Waals surface area contributed by atoms with Gasteiger partial charge in [0.15, 0.2) is 5.82 Å². The van der Waals surface area contributed by atoms with Crippen LogP contribution in [0.4, 0.5) is 14.5 Å². The highest BCUT2D eigenvalue weighted by molar-refractivity contribution is 7.55. The van der Waals surface area contributed by atoms with Crippen LogP contribution >= 0.6 is 20.0 Å². The Labute approximate surface area is 219 Å². The molecule has 0 atom stereocenters. The standard InChI is InChI=1S/C26H23ClF2N5O2P/c1-4-35-37(36-5-2)22-9-7-17(13-31-22)24-20(29)11-21-25(34-24)26(23(27)15(3)33-21)32-14-18-10-16(12-30)6-8-19(18)28/h6-11,13H,4-5,14H2,1-3H3,(H,32,33). The second-order valence-electron chi connectivity index (χ2n) is 7.84. The summed E-state index contributed by atoms with van der Waals surface area (Å²) in [4.78, 5) is 13.3. The quantitative estimate of drug-likeness (QED) is 0.244. The van der Waals surface area contributed by atoms with Crippen LogP contribution < -0.4 is 10.8 Å². The molecule has 0 aliphatic rings. The maximum absolute atomic E-state index is 15.1. The molecule has 0 saturated heterocycles. The molecule has 0 radical (unpaired) electrons. The van der Waals surface area contributed by atoms with Crippen LogP contribution in [0.5, 0.6) is 0 Å². The minimum Gasteiger partial charge on any atom is -0.378 e. The van der Waals surface area contributed by atoms with Gasteiger partial charge in [-0.15, -0.1) is 0 Å². The fourth-order valence-corrected chi connectivity index (χ4v) is 4.98. The molecule has 0 amide bonds. The van der Waals surface area contributed by atoms with E-state index in [0.29, 0.717) is 46.7 Å². The Kier molecular flexibility index (Phi) is 8.57. The monoisotopic (exact) mass is 541 g/mol. The maximum atomic E-state index is 15.1. The van der Waals surface area contributed by atoms with Gasteiger partial charge >= 0.3 is 0 Å². The summed E-state index contributed by atoms with van der Waals surface area (Å²) in [5.41, 5.74) is 3.18. The Morgan fingerprint density at radius 3 is 2.46 bits per heavy atom. The van der Waals surface area contributed by atoms with Crippen molar-refractivity contribution in [2.45, 2.75) is 27.3 Å². The van der Waals surface area contributed by atoms with Gasteiger partial charge in [-0.3, -0.25) is 4.98 Å². The number of aromatic nitrogens is 3. The van der Waals surface area contributed by atoms with Gasteiger partial charge in [-0.25, -0.2) is 18.7 Å². The molecule has 0 aliphatic carbocycles. The molecular weight excluding hydrogens is 519 g/mol. The van der Waals surface area contributed by atoms with E-state index in [-0.39, 0.29) is 28.3 Å². The minimum atomic E-state index is -1.33. The number of fused-ring (bicyclic) bond motifs is 1. The molecule has 0 bridgehead atoms. The molecule has 3 aromatic heterocycles. The first-order valence-electron chi connectivity index (χ1n) is 11.5. The molecule has 0 spiro atoms. The first-order chi connectivity index (χ1) is 17.9. The zero-order valence-corrected chi connectivity index (χ0v) is 22.0. The van der Waals surface area contributed by atoms with E-state index < -0.39 is 20.0 Å². The van der Waals surface area contributed by atoms with Gasteiger partial charge < -0.3 is 14.4 Å². The summed E-state index contributed by atoms with van der Waals surface area (Å²) in [6, 6.07) is 10.8. The van der Waals surface area contributed by atoms with Gasteiger partial charge in [0.1, 0.15) is 22.5 Å². The lowest BCUT2D eigenvalue weighted by Crippen LogP contribution is -2.10. The zero-order valence-electron chi connectivity index (χ0n) is 20.3. The molecule has 37 heavy (non-hydrogen) atoms. The Hall–Kier alpha value is -3.28. The lowest BCUT2D eigenvalue weighted by molar-refractivity contribution is 0.277. The summed E-state index contributed by atoms with van der Waals surface area (Å²) in [5, 5.41) is 12.5. The topological polar surface area (TPSA) is 93.0 Å². The van der Waals surface area contributed by atoms with Gasteiger partial charge in [-0.1, -0.05) is 11.6 Å². The molecule has 190 valence electrons. The summed E-state index contributed by atoms with van der Waals surface area (Å²) in [5.74, 6) is -1.05. The number of rotatable bonds is 9. The number of nitrogens with one attached hydrogen (secondary N) is 1. The molecule has 1 N–H and O–H groups in total. The second kappa shape index (κ2) is 11.8. The molecule has 11 heteroatoms. The van der Waals surface area contributed by atoms with Crippen LogP contribution in [0.25, 0.3) is 22.3 Å². The highest BCUT2D eigenvalue weighted by atomic mass is 35.5. The van der Waals surface area contributed by atoms with Gasteiger partial charge in [-0.05, 0) is 51.1 Å². The Morgan fingerprint density at radius 2 is 1.81 bits per heavy atom. The fraction of sp³-hybridized carbons (Fsp3) is 0.231. The Morgan fingerprint density at radius 1 is 1.05 bits per heavy atom. The molecule has 0 fully saturated rings. The fourth-order valence-electron chi connectivity index (χ4n) is 3.63. The SMILES string of the molecule is CCOP(OCC)c1ccc(-c2nc3c(NCc4cc(C#N)ccc4F)c(Cl)c(C)nc3cc2F)cn1. The van der Waals surface area contributed by atoms with E-state index in [1.165, 1.54) is 30.5 Å². The van der Waals surface area contributed by atoms with Gasteiger partial charge in [0.2, 0.25) is 8.38 Å². The van der Waals surface area contributed by atoms with Gasteiger partial charge in [0, 0.05) is 29.9 Å². The van der Waals surface area contributed by atoms with Crippen LogP contribution in [0.15, 0.2) is 42.6 Å². The van der Waals surface area contributed by atoms with E-state index in [2.05, 4.69) is 20.3 Å². The van der Waals surface area contributed by atoms with Gasteiger partial charge in [-0.2, -0.15) is 5.26 Å². The Balaban J connectivity index is 1.73. The third-order valence-electron chi connectivity index (χ3n) is 5.35. The third-order valence-corrected chi connectivity index (χ3v) is 7.44. The summed E-state index contributed by atoms with van der Waals surface area (Å²) >= 11 is 6.55. The summed E-state index contributed by atoms with van der Waals surface area (Å²) in [6.07, 6.45) is 1.51. The lowest BCUT2D eigenvalue weighted by Gasteiger charge is -2.16. The number of hydrogen-bond donors (Lipinski definition) is 1. The average molecular weight is 542 g/mol. The van der Waals surface area contributed by atoms with Crippen molar-refractivity contribution in [3.63, 3.8) is 0 Å². The molecule has 4 aromatic rings. The number of benzene rings is 1. The predicted molar refractivity (Wildman–Crippen MR) is 141 cm³/mol. The molecule has 0 aliphatic heterocycles. The van der Waals surface area contributed by atoms with E-state index in [1.54, 1.807) is 19.1 Å². The zero-order chi connectivity index (χ0) is 26.5. The number of halogens is 3. The van der Waals surface area contributed by atoms with Crippen LogP contribution in [0.3, 0.4) is 0 Å². The van der Waals surface area contributed by atoms with Crippen molar-refractivity contribution in [1.82, 2.24) is 15.0 Å². The summed E-state index contributed by atoms with van der Waals surface area (Å²) in [7, 11) is -1.33. The summed E-state index contributed by atoms with van der Waals surface area (Å²) in [6.45, 7) is 6.42. The van der Waals surface area contributed by atoms with Crippen LogP contribution in [-0.2, 0) is 15.6 Å². The van der Waals surface area contributed by atoms with E-state index >= 15 is 4.39 Å². The first kappa shape index (κ1) is 26.8. The largest absolute Gasteiger partial charge is 0.378 e. The number of pyridine rings is 3. The van der Waals surface area contributed by atoms with Crippen molar-refractivity contribution in [2.75, 3.05) is 18.5 Å². The maximum Gasteiger partial charge on any atom is 0.224 e. The smallest absolute Gasteiger partial charge is 0.224 e. The molecule has 7 nitrogen and oxygen atoms in total. The molecule has 3 heterocycles. The van der Waals surface area contributed by atoms with Gasteiger partial charge in [0.25, 0.3) is 0 Å². The van der Waals surface area contributed by atoms with E-state index in [4.69, 9.17) is 25.9 Å². The average Bonchev–Trinajstić information content (AvgIpc) is 2.90. The predicted octanol–water partition coefficient (Wildman–Crippen LogP) is 6.43. The van der Waals surface area contributed by atoms with Crippen LogP contribution in [-0.4, -0.2) is 28.2 Å². The van der Waals surface area contributed by atoms with E-state index in [0.717, 1.165) is 0 Å². The van der Waals surface area contributed by atoms with E-state index in [9.17, 15) is 4.39 Å².